The Labute approximate surface area is 113 Å². The van der Waals surface area contributed by atoms with Crippen molar-refractivity contribution in [3.05, 3.63) is 48.0 Å². The molecule has 2 aliphatic carbocycles. The molecule has 1 N–H and O–H groups in total. The Balaban J connectivity index is 1.53. The van der Waals surface area contributed by atoms with Crippen LogP contribution < -0.4 is 5.48 Å². The van der Waals surface area contributed by atoms with Gasteiger partial charge < -0.3 is 4.84 Å². The number of rotatable bonds is 3. The lowest BCUT2D eigenvalue weighted by molar-refractivity contribution is 0.00526. The summed E-state index contributed by atoms with van der Waals surface area (Å²) in [5.41, 5.74) is 3.55. The van der Waals surface area contributed by atoms with Gasteiger partial charge in [-0.15, -0.1) is 5.48 Å². The van der Waals surface area contributed by atoms with E-state index in [9.17, 15) is 4.79 Å². The standard InChI is InChI=1S/C16H19NO2/c18-16(14-7-2-1-3-8-14)19-17-15-10-12-5-4-6-13(9-12)11-15/h1-5,7-8,12-13,15,17H,6,9-11H2. The van der Waals surface area contributed by atoms with Gasteiger partial charge in [0.1, 0.15) is 0 Å². The molecule has 1 fully saturated rings. The third kappa shape index (κ3) is 3.04. The van der Waals surface area contributed by atoms with E-state index in [1.807, 2.05) is 18.2 Å². The fourth-order valence-corrected chi connectivity index (χ4v) is 3.16. The molecule has 0 radical (unpaired) electrons. The van der Waals surface area contributed by atoms with Crippen molar-refractivity contribution in [2.24, 2.45) is 11.8 Å². The predicted octanol–water partition coefficient (Wildman–Crippen LogP) is 3.09. The molecule has 0 spiro atoms. The van der Waals surface area contributed by atoms with E-state index in [2.05, 4.69) is 17.6 Å². The first kappa shape index (κ1) is 12.4. The van der Waals surface area contributed by atoms with Crippen molar-refractivity contribution in [1.82, 2.24) is 5.48 Å². The Kier molecular flexibility index (Phi) is 3.65. The van der Waals surface area contributed by atoms with Crippen molar-refractivity contribution in [1.29, 1.82) is 0 Å². The van der Waals surface area contributed by atoms with Gasteiger partial charge in [0.15, 0.2) is 0 Å². The van der Waals surface area contributed by atoms with Gasteiger partial charge in [-0.2, -0.15) is 0 Å². The minimum atomic E-state index is -0.299. The zero-order valence-electron chi connectivity index (χ0n) is 10.9. The van der Waals surface area contributed by atoms with Crippen LogP contribution in [0.4, 0.5) is 0 Å². The maximum absolute atomic E-state index is 11.8. The maximum atomic E-state index is 11.8. The summed E-state index contributed by atoms with van der Waals surface area (Å²) in [5.74, 6) is 1.10. The molecule has 0 aromatic heterocycles. The zero-order valence-corrected chi connectivity index (χ0v) is 10.9. The summed E-state index contributed by atoms with van der Waals surface area (Å²) in [5, 5.41) is 0. The Morgan fingerprint density at radius 2 is 2.00 bits per heavy atom. The number of fused-ring (bicyclic) bond motifs is 2. The molecule has 19 heavy (non-hydrogen) atoms. The molecule has 1 aromatic carbocycles. The molecule has 3 unspecified atom stereocenters. The summed E-state index contributed by atoms with van der Waals surface area (Å²) in [6.07, 6.45) is 9.23. The average Bonchev–Trinajstić information content (AvgIpc) is 2.45. The summed E-state index contributed by atoms with van der Waals surface area (Å²) in [7, 11) is 0. The van der Waals surface area contributed by atoms with E-state index in [-0.39, 0.29) is 5.97 Å². The Morgan fingerprint density at radius 1 is 1.16 bits per heavy atom. The SMILES string of the molecule is O=C(ONC1CC2C=CCC(C2)C1)c1ccccc1. The van der Waals surface area contributed by atoms with Gasteiger partial charge in [0.25, 0.3) is 0 Å². The van der Waals surface area contributed by atoms with E-state index in [4.69, 9.17) is 4.84 Å². The van der Waals surface area contributed by atoms with Crippen LogP contribution in [0.1, 0.15) is 36.0 Å². The molecular formula is C16H19NO2. The molecule has 3 nitrogen and oxygen atoms in total. The summed E-state index contributed by atoms with van der Waals surface area (Å²) in [4.78, 5) is 17.1. The highest BCUT2D eigenvalue weighted by molar-refractivity contribution is 5.89. The number of hydrogen-bond donors (Lipinski definition) is 1. The average molecular weight is 257 g/mol. The van der Waals surface area contributed by atoms with Crippen molar-refractivity contribution < 1.29 is 9.63 Å². The van der Waals surface area contributed by atoms with Crippen LogP contribution in [0.2, 0.25) is 0 Å². The second-order valence-corrected chi connectivity index (χ2v) is 5.57. The largest absolute Gasteiger partial charge is 0.366 e. The summed E-state index contributed by atoms with van der Waals surface area (Å²) in [6.45, 7) is 0. The molecule has 0 saturated heterocycles. The molecule has 3 heteroatoms. The topological polar surface area (TPSA) is 38.3 Å². The highest BCUT2D eigenvalue weighted by Crippen LogP contribution is 2.35. The summed E-state index contributed by atoms with van der Waals surface area (Å²) < 4.78 is 0. The van der Waals surface area contributed by atoms with E-state index >= 15 is 0 Å². The van der Waals surface area contributed by atoms with E-state index < -0.39 is 0 Å². The number of nitrogens with one attached hydrogen (secondary N) is 1. The Bertz CT molecular complexity index is 469. The molecule has 3 rings (SSSR count). The van der Waals surface area contributed by atoms with Crippen LogP contribution in [0.25, 0.3) is 0 Å². The van der Waals surface area contributed by atoms with Crippen LogP contribution in [0, 0.1) is 11.8 Å². The van der Waals surface area contributed by atoms with Gasteiger partial charge >= 0.3 is 5.97 Å². The van der Waals surface area contributed by atoms with Gasteiger partial charge in [0.05, 0.1) is 5.56 Å². The lowest BCUT2D eigenvalue weighted by Crippen LogP contribution is -2.39. The minimum absolute atomic E-state index is 0.293. The summed E-state index contributed by atoms with van der Waals surface area (Å²) in [6, 6.07) is 9.39. The Hall–Kier alpha value is -1.61. The minimum Gasteiger partial charge on any atom is -0.366 e. The monoisotopic (exact) mass is 257 g/mol. The summed E-state index contributed by atoms with van der Waals surface area (Å²) >= 11 is 0. The Morgan fingerprint density at radius 3 is 2.79 bits per heavy atom. The highest BCUT2D eigenvalue weighted by atomic mass is 16.7. The first-order valence-electron chi connectivity index (χ1n) is 6.99. The van der Waals surface area contributed by atoms with Crippen molar-refractivity contribution >= 4 is 5.97 Å². The number of benzene rings is 1. The van der Waals surface area contributed by atoms with Crippen LogP contribution in [0.5, 0.6) is 0 Å². The first-order valence-corrected chi connectivity index (χ1v) is 6.99. The van der Waals surface area contributed by atoms with Crippen LogP contribution in [0.15, 0.2) is 42.5 Å². The second kappa shape index (κ2) is 5.57. The van der Waals surface area contributed by atoms with Crippen molar-refractivity contribution in [2.45, 2.75) is 31.7 Å². The fraction of sp³-hybridized carbons (Fsp3) is 0.438. The smallest absolute Gasteiger partial charge is 0.356 e. The predicted molar refractivity (Wildman–Crippen MR) is 73.4 cm³/mol. The number of hydroxylamine groups is 1. The van der Waals surface area contributed by atoms with Crippen LogP contribution in [-0.4, -0.2) is 12.0 Å². The number of hydrogen-bond acceptors (Lipinski definition) is 3. The second-order valence-electron chi connectivity index (χ2n) is 5.57. The van der Waals surface area contributed by atoms with Gasteiger partial charge in [-0.25, -0.2) is 4.79 Å². The van der Waals surface area contributed by atoms with E-state index in [1.165, 1.54) is 12.8 Å². The van der Waals surface area contributed by atoms with E-state index in [0.717, 1.165) is 18.8 Å². The quantitative estimate of drug-likeness (QED) is 0.668. The molecule has 2 aliphatic rings. The molecule has 100 valence electrons. The zero-order chi connectivity index (χ0) is 13.1. The van der Waals surface area contributed by atoms with Crippen LogP contribution >= 0.6 is 0 Å². The lowest BCUT2D eigenvalue weighted by Gasteiger charge is -2.35. The van der Waals surface area contributed by atoms with Gasteiger partial charge in [-0.3, -0.25) is 0 Å². The third-order valence-electron chi connectivity index (χ3n) is 4.05. The highest BCUT2D eigenvalue weighted by Gasteiger charge is 2.29. The van der Waals surface area contributed by atoms with E-state index in [0.29, 0.717) is 17.5 Å². The number of allylic oxidation sites excluding steroid dienone is 2. The van der Waals surface area contributed by atoms with Gasteiger partial charge in [0, 0.05) is 6.04 Å². The molecule has 3 atom stereocenters. The van der Waals surface area contributed by atoms with Gasteiger partial charge in [-0.1, -0.05) is 30.4 Å². The lowest BCUT2D eigenvalue weighted by atomic mass is 9.74. The number of carbonyl (C=O) groups is 1. The molecule has 0 aliphatic heterocycles. The van der Waals surface area contributed by atoms with Crippen molar-refractivity contribution in [3.8, 4) is 0 Å². The normalized spacial score (nSPS) is 28.9. The molecule has 0 amide bonds. The number of carbonyl (C=O) groups excluding carboxylic acids is 1. The van der Waals surface area contributed by atoms with Gasteiger partial charge in [0.2, 0.25) is 0 Å². The molecule has 1 aromatic rings. The first-order chi connectivity index (χ1) is 9.31. The molecular weight excluding hydrogens is 238 g/mol. The van der Waals surface area contributed by atoms with Crippen molar-refractivity contribution in [2.75, 3.05) is 0 Å². The molecule has 2 bridgehead atoms. The van der Waals surface area contributed by atoms with Gasteiger partial charge in [-0.05, 0) is 49.7 Å². The van der Waals surface area contributed by atoms with Crippen LogP contribution in [0.3, 0.4) is 0 Å². The molecule has 1 saturated carbocycles. The maximum Gasteiger partial charge on any atom is 0.356 e. The molecule has 0 heterocycles. The van der Waals surface area contributed by atoms with Crippen molar-refractivity contribution in [3.63, 3.8) is 0 Å². The third-order valence-corrected chi connectivity index (χ3v) is 4.05. The fourth-order valence-electron chi connectivity index (χ4n) is 3.16. The van der Waals surface area contributed by atoms with E-state index in [1.54, 1.807) is 12.1 Å². The van der Waals surface area contributed by atoms with Crippen LogP contribution in [-0.2, 0) is 4.84 Å².